The van der Waals surface area contributed by atoms with E-state index >= 15 is 0 Å². The Labute approximate surface area is 141 Å². The van der Waals surface area contributed by atoms with Gasteiger partial charge < -0.3 is 10.3 Å². The van der Waals surface area contributed by atoms with Gasteiger partial charge in [-0.3, -0.25) is 14.5 Å². The molecule has 3 rings (SSSR count). The first-order chi connectivity index (χ1) is 11.7. The van der Waals surface area contributed by atoms with Gasteiger partial charge in [-0.1, -0.05) is 30.7 Å². The van der Waals surface area contributed by atoms with Crippen molar-refractivity contribution in [1.29, 1.82) is 0 Å². The molecule has 5 heteroatoms. The Bertz CT molecular complexity index is 711. The van der Waals surface area contributed by atoms with Crippen molar-refractivity contribution in [1.82, 2.24) is 15.2 Å². The summed E-state index contributed by atoms with van der Waals surface area (Å²) in [5.74, 6) is -0.191. The summed E-state index contributed by atoms with van der Waals surface area (Å²) in [5, 5.41) is 2.86. The van der Waals surface area contributed by atoms with Gasteiger partial charge in [0.2, 0.25) is 5.56 Å². The second-order valence-electron chi connectivity index (χ2n) is 6.28. The SMILES string of the molecule is O=C(NCc1ccc(CN2CCCCC2)cc1)c1ccc(=O)[nH]c1. The number of carbonyl (C=O) groups excluding carboxylic acids is 1. The normalized spacial score (nSPS) is 15.2. The maximum absolute atomic E-state index is 12.0. The van der Waals surface area contributed by atoms with Gasteiger partial charge in [-0.05, 0) is 43.1 Å². The first kappa shape index (κ1) is 16.5. The molecule has 5 nitrogen and oxygen atoms in total. The number of nitrogens with one attached hydrogen (secondary N) is 2. The van der Waals surface area contributed by atoms with E-state index in [4.69, 9.17) is 0 Å². The maximum atomic E-state index is 12.0. The van der Waals surface area contributed by atoms with Gasteiger partial charge in [-0.15, -0.1) is 0 Å². The molecule has 0 radical (unpaired) electrons. The third kappa shape index (κ3) is 4.55. The van der Waals surface area contributed by atoms with Crippen LogP contribution in [0.1, 0.15) is 40.7 Å². The monoisotopic (exact) mass is 325 g/mol. The number of H-pyrrole nitrogens is 1. The lowest BCUT2D eigenvalue weighted by atomic mass is 10.1. The molecule has 1 amide bonds. The molecule has 1 saturated heterocycles. The van der Waals surface area contributed by atoms with Crippen molar-refractivity contribution in [2.75, 3.05) is 13.1 Å². The molecule has 1 aromatic heterocycles. The van der Waals surface area contributed by atoms with Crippen molar-refractivity contribution < 1.29 is 4.79 Å². The quantitative estimate of drug-likeness (QED) is 0.886. The summed E-state index contributed by atoms with van der Waals surface area (Å²) in [5.41, 5.74) is 2.62. The van der Waals surface area contributed by atoms with Crippen LogP contribution in [0.25, 0.3) is 0 Å². The van der Waals surface area contributed by atoms with Crippen LogP contribution in [-0.4, -0.2) is 28.9 Å². The molecule has 2 heterocycles. The molecule has 126 valence electrons. The van der Waals surface area contributed by atoms with E-state index in [1.54, 1.807) is 0 Å². The van der Waals surface area contributed by atoms with Crippen molar-refractivity contribution in [2.45, 2.75) is 32.4 Å². The highest BCUT2D eigenvalue weighted by molar-refractivity contribution is 5.93. The van der Waals surface area contributed by atoms with Gasteiger partial charge in [0.15, 0.2) is 0 Å². The fourth-order valence-electron chi connectivity index (χ4n) is 2.97. The van der Waals surface area contributed by atoms with Crippen LogP contribution >= 0.6 is 0 Å². The molecule has 1 aliphatic heterocycles. The van der Waals surface area contributed by atoms with Crippen LogP contribution in [0.2, 0.25) is 0 Å². The number of carbonyl (C=O) groups is 1. The van der Waals surface area contributed by atoms with E-state index in [0.29, 0.717) is 12.1 Å². The first-order valence-corrected chi connectivity index (χ1v) is 8.48. The van der Waals surface area contributed by atoms with Crippen LogP contribution in [0.5, 0.6) is 0 Å². The predicted octanol–water partition coefficient (Wildman–Crippen LogP) is 2.29. The van der Waals surface area contributed by atoms with E-state index in [1.165, 1.54) is 56.2 Å². The predicted molar refractivity (Wildman–Crippen MR) is 93.8 cm³/mol. The topological polar surface area (TPSA) is 65.2 Å². The van der Waals surface area contributed by atoms with Crippen LogP contribution in [0.4, 0.5) is 0 Å². The van der Waals surface area contributed by atoms with Crippen LogP contribution in [-0.2, 0) is 13.1 Å². The Morgan fingerprint density at radius 1 is 1.00 bits per heavy atom. The zero-order valence-corrected chi connectivity index (χ0v) is 13.8. The Morgan fingerprint density at radius 2 is 1.71 bits per heavy atom. The van der Waals surface area contributed by atoms with Gasteiger partial charge in [-0.25, -0.2) is 0 Å². The standard InChI is InChI=1S/C19H23N3O2/c23-18-9-8-17(13-20-18)19(24)21-12-15-4-6-16(7-5-15)14-22-10-2-1-3-11-22/h4-9,13H,1-3,10-12,14H2,(H,20,23)(H,21,24). The van der Waals surface area contributed by atoms with E-state index in [-0.39, 0.29) is 11.5 Å². The van der Waals surface area contributed by atoms with Crippen molar-refractivity contribution in [3.63, 3.8) is 0 Å². The minimum absolute atomic E-state index is 0.191. The number of rotatable bonds is 5. The Morgan fingerprint density at radius 3 is 2.38 bits per heavy atom. The molecule has 0 aliphatic carbocycles. The number of amides is 1. The second-order valence-corrected chi connectivity index (χ2v) is 6.28. The third-order valence-electron chi connectivity index (χ3n) is 4.38. The van der Waals surface area contributed by atoms with Crippen molar-refractivity contribution in [3.8, 4) is 0 Å². The number of benzene rings is 1. The molecule has 1 aromatic carbocycles. The highest BCUT2D eigenvalue weighted by atomic mass is 16.1. The molecule has 0 bridgehead atoms. The third-order valence-corrected chi connectivity index (χ3v) is 4.38. The number of hydrogen-bond acceptors (Lipinski definition) is 3. The van der Waals surface area contributed by atoms with E-state index in [1.807, 2.05) is 0 Å². The Kier molecular flexibility index (Phi) is 5.43. The average molecular weight is 325 g/mol. The molecular formula is C19H23N3O2. The number of hydrogen-bond donors (Lipinski definition) is 2. The largest absolute Gasteiger partial charge is 0.348 e. The van der Waals surface area contributed by atoms with E-state index in [0.717, 1.165) is 12.1 Å². The lowest BCUT2D eigenvalue weighted by Crippen LogP contribution is -2.29. The van der Waals surface area contributed by atoms with Crippen LogP contribution < -0.4 is 10.9 Å². The van der Waals surface area contributed by atoms with Crippen LogP contribution in [0, 0.1) is 0 Å². The number of aromatic amines is 1. The summed E-state index contributed by atoms with van der Waals surface area (Å²) < 4.78 is 0. The maximum Gasteiger partial charge on any atom is 0.253 e. The number of aromatic nitrogens is 1. The number of nitrogens with zero attached hydrogens (tertiary/aromatic N) is 1. The molecule has 24 heavy (non-hydrogen) atoms. The smallest absolute Gasteiger partial charge is 0.253 e. The van der Waals surface area contributed by atoms with Crippen molar-refractivity contribution >= 4 is 5.91 Å². The fraction of sp³-hybridized carbons (Fsp3) is 0.368. The summed E-state index contributed by atoms with van der Waals surface area (Å²) in [6.07, 6.45) is 5.38. The highest BCUT2D eigenvalue weighted by Gasteiger charge is 2.10. The fourth-order valence-corrected chi connectivity index (χ4v) is 2.97. The summed E-state index contributed by atoms with van der Waals surface area (Å²) >= 11 is 0. The minimum atomic E-state index is -0.212. The summed E-state index contributed by atoms with van der Waals surface area (Å²) in [4.78, 5) is 28.0. The number of pyridine rings is 1. The molecule has 2 N–H and O–H groups in total. The van der Waals surface area contributed by atoms with Crippen LogP contribution in [0.3, 0.4) is 0 Å². The first-order valence-electron chi connectivity index (χ1n) is 8.48. The zero-order chi connectivity index (χ0) is 16.8. The minimum Gasteiger partial charge on any atom is -0.348 e. The number of likely N-dealkylation sites (tertiary alicyclic amines) is 1. The van der Waals surface area contributed by atoms with E-state index < -0.39 is 0 Å². The average Bonchev–Trinajstić information content (AvgIpc) is 2.62. The summed E-state index contributed by atoms with van der Waals surface area (Å²) in [6, 6.07) is 11.3. The molecule has 1 aliphatic rings. The Hall–Kier alpha value is -2.40. The lowest BCUT2D eigenvalue weighted by molar-refractivity contribution is 0.0950. The molecule has 0 saturated carbocycles. The van der Waals surface area contributed by atoms with Crippen LogP contribution in [0.15, 0.2) is 47.4 Å². The molecule has 0 atom stereocenters. The van der Waals surface area contributed by atoms with Crippen molar-refractivity contribution in [3.05, 3.63) is 69.6 Å². The molecule has 1 fully saturated rings. The van der Waals surface area contributed by atoms with Gasteiger partial charge >= 0.3 is 0 Å². The molecule has 0 unspecified atom stereocenters. The second kappa shape index (κ2) is 7.93. The zero-order valence-electron chi connectivity index (χ0n) is 13.8. The molecular weight excluding hydrogens is 302 g/mol. The van der Waals surface area contributed by atoms with Gasteiger partial charge in [0.1, 0.15) is 0 Å². The van der Waals surface area contributed by atoms with E-state index in [2.05, 4.69) is 39.5 Å². The number of piperidine rings is 1. The highest BCUT2D eigenvalue weighted by Crippen LogP contribution is 2.13. The van der Waals surface area contributed by atoms with Gasteiger partial charge in [-0.2, -0.15) is 0 Å². The van der Waals surface area contributed by atoms with Crippen molar-refractivity contribution in [2.24, 2.45) is 0 Å². The van der Waals surface area contributed by atoms with E-state index in [9.17, 15) is 9.59 Å². The molecule has 0 spiro atoms. The van der Waals surface area contributed by atoms with Gasteiger partial charge in [0.05, 0.1) is 5.56 Å². The van der Waals surface area contributed by atoms with Gasteiger partial charge in [0, 0.05) is 25.4 Å². The lowest BCUT2D eigenvalue weighted by Gasteiger charge is -2.26. The summed E-state index contributed by atoms with van der Waals surface area (Å²) in [6.45, 7) is 3.86. The summed E-state index contributed by atoms with van der Waals surface area (Å²) in [7, 11) is 0. The molecule has 2 aromatic rings. The Balaban J connectivity index is 1.51. The van der Waals surface area contributed by atoms with Gasteiger partial charge in [0.25, 0.3) is 5.91 Å².